The van der Waals surface area contributed by atoms with E-state index in [0.29, 0.717) is 0 Å². The normalized spacial score (nSPS) is 8.00. The number of carbonyl (C=O) groups excluding carboxylic acids is 2. The molecule has 0 spiro atoms. The van der Waals surface area contributed by atoms with Gasteiger partial charge in [0.2, 0.25) is 0 Å². The highest BCUT2D eigenvalue weighted by atomic mass is 31.1. The van der Waals surface area contributed by atoms with E-state index in [1.807, 2.05) is 0 Å². The Balaban J connectivity index is 3.65. The fourth-order valence-corrected chi connectivity index (χ4v) is 0.684. The van der Waals surface area contributed by atoms with Crippen molar-refractivity contribution in [1.29, 1.82) is 0 Å². The quantitative estimate of drug-likeness (QED) is 0.391. The SMILES string of the molecule is NC(=O)N[P+](=O)NC(N)=O. The number of hydrogen-bond donors (Lipinski definition) is 4. The second-order valence-electron chi connectivity index (χ2n) is 1.25. The number of nitrogens with two attached hydrogens (primary N) is 2. The van der Waals surface area contributed by atoms with Crippen LogP contribution in [0.1, 0.15) is 0 Å². The van der Waals surface area contributed by atoms with Crippen molar-refractivity contribution in [2.24, 2.45) is 11.5 Å². The fourth-order valence-electron chi connectivity index (χ4n) is 0.228. The van der Waals surface area contributed by atoms with Crippen LogP contribution in [-0.2, 0) is 4.57 Å². The molecule has 0 heterocycles. The van der Waals surface area contributed by atoms with Crippen LogP contribution >= 0.6 is 8.10 Å². The van der Waals surface area contributed by atoms with Crippen LogP contribution in [0.4, 0.5) is 9.59 Å². The molecular formula is C2H6N4O3P+. The molecule has 0 atom stereocenters. The summed E-state index contributed by atoms with van der Waals surface area (Å²) >= 11 is 0. The predicted octanol–water partition coefficient (Wildman–Crippen LogP) is -1.02. The summed E-state index contributed by atoms with van der Waals surface area (Å²) < 4.78 is 10.4. The Morgan fingerprint density at radius 2 is 1.40 bits per heavy atom. The van der Waals surface area contributed by atoms with Crippen LogP contribution in [0.5, 0.6) is 0 Å². The number of nitrogens with one attached hydrogen (secondary N) is 2. The molecule has 56 valence electrons. The van der Waals surface area contributed by atoms with Crippen LogP contribution < -0.4 is 21.6 Å². The molecule has 0 saturated heterocycles. The maximum absolute atomic E-state index is 10.4. The van der Waals surface area contributed by atoms with Crippen molar-refractivity contribution in [2.75, 3.05) is 0 Å². The van der Waals surface area contributed by atoms with Gasteiger partial charge in [-0.25, -0.2) is 9.59 Å². The third-order valence-corrected chi connectivity index (χ3v) is 1.27. The van der Waals surface area contributed by atoms with Gasteiger partial charge in [-0.3, -0.25) is 0 Å². The zero-order valence-corrected chi connectivity index (χ0v) is 5.72. The molecule has 0 unspecified atom stereocenters. The minimum absolute atomic E-state index is 0.991. The van der Waals surface area contributed by atoms with Crippen LogP contribution in [0.2, 0.25) is 0 Å². The minimum Gasteiger partial charge on any atom is -0.349 e. The number of rotatable bonds is 2. The third-order valence-electron chi connectivity index (χ3n) is 0.423. The molecule has 0 saturated carbocycles. The highest BCUT2D eigenvalue weighted by Crippen LogP contribution is 2.03. The second-order valence-corrected chi connectivity index (χ2v) is 2.28. The molecule has 0 aliphatic heterocycles. The Kier molecular flexibility index (Phi) is 3.13. The van der Waals surface area contributed by atoms with Crippen molar-refractivity contribution in [3.05, 3.63) is 0 Å². The lowest BCUT2D eigenvalue weighted by atomic mass is 11.2. The maximum atomic E-state index is 10.4. The molecule has 0 radical (unpaired) electrons. The van der Waals surface area contributed by atoms with Crippen molar-refractivity contribution in [3.63, 3.8) is 0 Å². The summed E-state index contributed by atoms with van der Waals surface area (Å²) in [5, 5.41) is 3.42. The number of urea groups is 2. The van der Waals surface area contributed by atoms with Gasteiger partial charge in [-0.05, 0) is 4.57 Å². The van der Waals surface area contributed by atoms with Crippen LogP contribution in [-0.4, -0.2) is 12.1 Å². The number of hydrogen-bond acceptors (Lipinski definition) is 3. The summed E-state index contributed by atoms with van der Waals surface area (Å²) in [7, 11) is -2.36. The average Bonchev–Trinajstić information content (AvgIpc) is 1.58. The van der Waals surface area contributed by atoms with Gasteiger partial charge < -0.3 is 11.5 Å². The summed E-state index contributed by atoms with van der Waals surface area (Å²) in [6.07, 6.45) is 0. The summed E-state index contributed by atoms with van der Waals surface area (Å²) in [5.41, 5.74) is 9.09. The van der Waals surface area contributed by atoms with Gasteiger partial charge in [-0.2, -0.15) is 0 Å². The Morgan fingerprint density at radius 1 is 1.10 bits per heavy atom. The first-order valence-corrected chi connectivity index (χ1v) is 3.37. The Labute approximate surface area is 57.0 Å². The number of carbonyl (C=O) groups is 2. The van der Waals surface area contributed by atoms with Crippen molar-refractivity contribution < 1.29 is 14.2 Å². The molecule has 6 N–H and O–H groups in total. The van der Waals surface area contributed by atoms with E-state index in [9.17, 15) is 14.2 Å². The van der Waals surface area contributed by atoms with E-state index in [0.717, 1.165) is 0 Å². The standard InChI is InChI=1S/C2H5N4O3P/c3-1(7)5-10(9)6-2(4)8/h(H5-,3,4,5,6,7,8,9)/p+1. The lowest BCUT2D eigenvalue weighted by Gasteiger charge is -1.84. The predicted molar refractivity (Wildman–Crippen MR) is 33.0 cm³/mol. The molecule has 0 bridgehead atoms. The topological polar surface area (TPSA) is 127 Å². The zero-order valence-electron chi connectivity index (χ0n) is 4.83. The molecule has 0 aromatic heterocycles. The molecule has 0 aliphatic rings. The van der Waals surface area contributed by atoms with Crippen molar-refractivity contribution in [3.8, 4) is 0 Å². The van der Waals surface area contributed by atoms with E-state index in [-0.39, 0.29) is 0 Å². The first kappa shape index (κ1) is 8.64. The Bertz CT molecular complexity index is 161. The van der Waals surface area contributed by atoms with E-state index in [4.69, 9.17) is 0 Å². The number of primary amides is 2. The zero-order chi connectivity index (χ0) is 8.15. The first-order valence-electron chi connectivity index (χ1n) is 2.12. The molecule has 8 heteroatoms. The van der Waals surface area contributed by atoms with E-state index >= 15 is 0 Å². The highest BCUT2D eigenvalue weighted by molar-refractivity contribution is 7.41. The smallest absolute Gasteiger partial charge is 0.349 e. The first-order chi connectivity index (χ1) is 4.52. The van der Waals surface area contributed by atoms with Crippen molar-refractivity contribution in [2.45, 2.75) is 0 Å². The van der Waals surface area contributed by atoms with E-state index in [2.05, 4.69) is 11.5 Å². The van der Waals surface area contributed by atoms with Crippen LogP contribution in [0.3, 0.4) is 0 Å². The molecule has 0 aliphatic carbocycles. The van der Waals surface area contributed by atoms with Gasteiger partial charge in [0, 0.05) is 0 Å². The van der Waals surface area contributed by atoms with Crippen molar-refractivity contribution >= 4 is 20.2 Å². The van der Waals surface area contributed by atoms with Gasteiger partial charge in [0.15, 0.2) is 0 Å². The van der Waals surface area contributed by atoms with Gasteiger partial charge in [-0.1, -0.05) is 0 Å². The van der Waals surface area contributed by atoms with Gasteiger partial charge >= 0.3 is 20.2 Å². The molecule has 0 fully saturated rings. The second kappa shape index (κ2) is 3.62. The van der Waals surface area contributed by atoms with Gasteiger partial charge in [0.1, 0.15) is 0 Å². The number of amides is 4. The van der Waals surface area contributed by atoms with Gasteiger partial charge in [0.25, 0.3) is 0 Å². The lowest BCUT2D eigenvalue weighted by molar-refractivity contribution is 0.252. The summed E-state index contributed by atoms with van der Waals surface area (Å²) in [6.45, 7) is 0. The monoisotopic (exact) mass is 165 g/mol. The van der Waals surface area contributed by atoms with Crippen LogP contribution in [0.25, 0.3) is 0 Å². The Hall–Kier alpha value is -1.36. The van der Waals surface area contributed by atoms with Gasteiger partial charge in [0.05, 0.1) is 0 Å². The highest BCUT2D eigenvalue weighted by Gasteiger charge is 2.19. The van der Waals surface area contributed by atoms with E-state index in [1.54, 1.807) is 10.2 Å². The van der Waals surface area contributed by atoms with Gasteiger partial charge in [-0.15, -0.1) is 10.2 Å². The molecule has 0 aromatic carbocycles. The van der Waals surface area contributed by atoms with E-state index in [1.165, 1.54) is 0 Å². The maximum Gasteiger partial charge on any atom is 0.599 e. The van der Waals surface area contributed by atoms with Crippen molar-refractivity contribution in [1.82, 2.24) is 10.2 Å². The Morgan fingerprint density at radius 3 is 1.60 bits per heavy atom. The molecule has 10 heavy (non-hydrogen) atoms. The molecule has 0 aromatic rings. The fraction of sp³-hybridized carbons (Fsp3) is 0. The summed E-state index contributed by atoms with van der Waals surface area (Å²) in [5.74, 6) is 0. The van der Waals surface area contributed by atoms with Crippen LogP contribution in [0.15, 0.2) is 0 Å². The summed E-state index contributed by atoms with van der Waals surface area (Å²) in [4.78, 5) is 19.9. The lowest BCUT2D eigenvalue weighted by Crippen LogP contribution is -2.31. The molecule has 4 amide bonds. The third kappa shape index (κ3) is 4.79. The summed E-state index contributed by atoms with van der Waals surface area (Å²) in [6, 6.07) is -1.98. The largest absolute Gasteiger partial charge is 0.599 e. The average molecular weight is 165 g/mol. The van der Waals surface area contributed by atoms with E-state index < -0.39 is 20.2 Å². The molecule has 0 rings (SSSR count). The minimum atomic E-state index is -2.36. The molecule has 7 nitrogen and oxygen atoms in total. The van der Waals surface area contributed by atoms with Crippen LogP contribution in [0, 0.1) is 0 Å². The molecular weight excluding hydrogens is 159 g/mol.